The Morgan fingerprint density at radius 1 is 1.50 bits per heavy atom. The highest BCUT2D eigenvalue weighted by atomic mass is 35.5. The molecule has 0 saturated carbocycles. The van der Waals surface area contributed by atoms with Crippen LogP contribution in [0.4, 0.5) is 0 Å². The molecule has 2 aromatic rings. The first-order valence-corrected chi connectivity index (χ1v) is 6.49. The number of hydrogen-bond donors (Lipinski definition) is 2. The molecule has 0 aromatic carbocycles. The summed E-state index contributed by atoms with van der Waals surface area (Å²) < 4.78 is 1.56. The van der Waals surface area contributed by atoms with Crippen LogP contribution >= 0.6 is 11.6 Å². The van der Waals surface area contributed by atoms with Crippen molar-refractivity contribution in [3.63, 3.8) is 0 Å². The zero-order valence-corrected chi connectivity index (χ0v) is 11.8. The first-order valence-electron chi connectivity index (χ1n) is 6.12. The summed E-state index contributed by atoms with van der Waals surface area (Å²) in [6, 6.07) is 2.45. The van der Waals surface area contributed by atoms with E-state index in [2.05, 4.69) is 10.3 Å². The number of hydrogen-bond acceptors (Lipinski definition) is 3. The Labute approximate surface area is 120 Å². The third kappa shape index (κ3) is 2.60. The molecular formula is C13H14ClN3O3. The number of carbonyl (C=O) groups excluding carboxylic acids is 1. The predicted molar refractivity (Wildman–Crippen MR) is 74.1 cm³/mol. The molecule has 2 heterocycles. The van der Waals surface area contributed by atoms with Gasteiger partial charge < -0.3 is 10.4 Å². The molecule has 0 spiro atoms. The van der Waals surface area contributed by atoms with E-state index in [-0.39, 0.29) is 0 Å². The van der Waals surface area contributed by atoms with Gasteiger partial charge >= 0.3 is 5.97 Å². The van der Waals surface area contributed by atoms with Gasteiger partial charge in [0.2, 0.25) is 0 Å². The molecule has 0 fully saturated rings. The molecule has 0 bridgehead atoms. The molecule has 0 aliphatic carbocycles. The third-order valence-corrected chi connectivity index (χ3v) is 3.21. The number of amides is 1. The largest absolute Gasteiger partial charge is 0.480 e. The zero-order valence-electron chi connectivity index (χ0n) is 11.1. The number of nitrogens with zero attached hydrogens (tertiary/aromatic N) is 2. The Morgan fingerprint density at radius 3 is 2.80 bits per heavy atom. The fraction of sp³-hybridized carbons (Fsp3) is 0.308. The minimum atomic E-state index is -1.06. The Morgan fingerprint density at radius 2 is 2.20 bits per heavy atom. The van der Waals surface area contributed by atoms with Gasteiger partial charge in [0.25, 0.3) is 5.91 Å². The van der Waals surface area contributed by atoms with E-state index in [0.29, 0.717) is 28.5 Å². The van der Waals surface area contributed by atoms with Crippen LogP contribution < -0.4 is 5.32 Å². The monoisotopic (exact) mass is 295 g/mol. The van der Waals surface area contributed by atoms with Crippen molar-refractivity contribution < 1.29 is 14.7 Å². The van der Waals surface area contributed by atoms with Gasteiger partial charge in [-0.05, 0) is 25.5 Å². The third-order valence-electron chi connectivity index (χ3n) is 2.98. The summed E-state index contributed by atoms with van der Waals surface area (Å²) in [6.07, 6.45) is 1.88. The summed E-state index contributed by atoms with van der Waals surface area (Å²) in [4.78, 5) is 27.5. The lowest BCUT2D eigenvalue weighted by atomic mass is 10.2. The minimum Gasteiger partial charge on any atom is -0.480 e. The lowest BCUT2D eigenvalue weighted by molar-refractivity contribution is -0.139. The molecule has 0 aliphatic rings. The zero-order chi connectivity index (χ0) is 14.9. The maximum atomic E-state index is 12.2. The van der Waals surface area contributed by atoms with Crippen LogP contribution in [0.15, 0.2) is 18.3 Å². The normalized spacial score (nSPS) is 12.3. The van der Waals surface area contributed by atoms with E-state index in [1.54, 1.807) is 36.6 Å². The Balaban J connectivity index is 2.41. The van der Waals surface area contributed by atoms with Gasteiger partial charge in [0.15, 0.2) is 0 Å². The van der Waals surface area contributed by atoms with Gasteiger partial charge in [-0.1, -0.05) is 18.5 Å². The van der Waals surface area contributed by atoms with E-state index in [0.717, 1.165) is 0 Å². The molecule has 0 radical (unpaired) electrons. The number of halogens is 1. The second kappa shape index (κ2) is 5.50. The van der Waals surface area contributed by atoms with Crippen molar-refractivity contribution in [2.24, 2.45) is 0 Å². The smallest absolute Gasteiger partial charge is 0.326 e. The summed E-state index contributed by atoms with van der Waals surface area (Å²) in [7, 11) is 0. The Hall–Kier alpha value is -2.08. The standard InChI is InChI=1S/C13H14ClN3O3/c1-3-9(13(19)20)16-12(18)11-7(2)15-10-5-4-8(14)6-17(10)11/h4-6,9H,3H2,1-2H3,(H,16,18)(H,19,20). The number of rotatable bonds is 4. The van der Waals surface area contributed by atoms with E-state index >= 15 is 0 Å². The summed E-state index contributed by atoms with van der Waals surface area (Å²) in [5.74, 6) is -1.54. The van der Waals surface area contributed by atoms with Gasteiger partial charge in [-0.25, -0.2) is 9.78 Å². The lowest BCUT2D eigenvalue weighted by Crippen LogP contribution is -2.40. The van der Waals surface area contributed by atoms with Crippen LogP contribution in [0.1, 0.15) is 29.5 Å². The van der Waals surface area contributed by atoms with Crippen molar-refractivity contribution in [1.82, 2.24) is 14.7 Å². The number of fused-ring (bicyclic) bond motifs is 1. The van der Waals surface area contributed by atoms with E-state index in [1.165, 1.54) is 0 Å². The second-order valence-electron chi connectivity index (χ2n) is 4.39. The molecule has 6 nitrogen and oxygen atoms in total. The van der Waals surface area contributed by atoms with Crippen LogP contribution in [0.2, 0.25) is 5.02 Å². The number of imidazole rings is 1. The number of carboxylic acid groups (broad SMARTS) is 1. The molecule has 2 N–H and O–H groups in total. The van der Waals surface area contributed by atoms with Crippen molar-refractivity contribution >= 4 is 29.1 Å². The topological polar surface area (TPSA) is 83.7 Å². The molecule has 0 aliphatic heterocycles. The van der Waals surface area contributed by atoms with Gasteiger partial charge in [0.05, 0.1) is 10.7 Å². The van der Waals surface area contributed by atoms with Gasteiger partial charge in [-0.15, -0.1) is 0 Å². The van der Waals surface area contributed by atoms with Gasteiger partial charge in [0, 0.05) is 6.20 Å². The lowest BCUT2D eigenvalue weighted by Gasteiger charge is -2.12. The molecule has 1 atom stereocenters. The molecule has 1 unspecified atom stereocenters. The number of aryl methyl sites for hydroxylation is 1. The molecular weight excluding hydrogens is 282 g/mol. The highest BCUT2D eigenvalue weighted by Crippen LogP contribution is 2.16. The van der Waals surface area contributed by atoms with Crippen molar-refractivity contribution in [2.45, 2.75) is 26.3 Å². The van der Waals surface area contributed by atoms with Gasteiger partial charge in [-0.3, -0.25) is 9.20 Å². The SMILES string of the molecule is CCC(NC(=O)c1c(C)nc2ccc(Cl)cn12)C(=O)O. The number of aliphatic carboxylic acids is 1. The van der Waals surface area contributed by atoms with Crippen LogP contribution in [0.5, 0.6) is 0 Å². The van der Waals surface area contributed by atoms with Crippen LogP contribution in [0, 0.1) is 6.92 Å². The Bertz CT molecular complexity index is 681. The quantitative estimate of drug-likeness (QED) is 0.902. The van der Waals surface area contributed by atoms with Crippen molar-refractivity contribution in [3.8, 4) is 0 Å². The van der Waals surface area contributed by atoms with Crippen molar-refractivity contribution in [1.29, 1.82) is 0 Å². The fourth-order valence-corrected chi connectivity index (χ4v) is 2.14. The molecule has 2 rings (SSSR count). The van der Waals surface area contributed by atoms with Crippen molar-refractivity contribution in [2.75, 3.05) is 0 Å². The molecule has 2 aromatic heterocycles. The molecule has 1 amide bonds. The summed E-state index contributed by atoms with van der Waals surface area (Å²) >= 11 is 5.91. The number of carboxylic acids is 1. The first-order chi connectivity index (χ1) is 9.43. The molecule has 0 saturated heterocycles. The minimum absolute atomic E-state index is 0.294. The van der Waals surface area contributed by atoms with E-state index in [4.69, 9.17) is 16.7 Å². The second-order valence-corrected chi connectivity index (χ2v) is 4.83. The highest BCUT2D eigenvalue weighted by Gasteiger charge is 2.22. The first kappa shape index (κ1) is 14.3. The summed E-state index contributed by atoms with van der Waals surface area (Å²) in [5, 5.41) is 11.9. The van der Waals surface area contributed by atoms with Crippen molar-refractivity contribution in [3.05, 3.63) is 34.7 Å². The van der Waals surface area contributed by atoms with Crippen LogP contribution in [0.3, 0.4) is 0 Å². The molecule has 20 heavy (non-hydrogen) atoms. The maximum Gasteiger partial charge on any atom is 0.326 e. The Kier molecular flexibility index (Phi) is 3.94. The highest BCUT2D eigenvalue weighted by molar-refractivity contribution is 6.30. The molecule has 106 valence electrons. The average Bonchev–Trinajstić information content (AvgIpc) is 2.70. The van der Waals surface area contributed by atoms with Gasteiger partial charge in [-0.2, -0.15) is 0 Å². The van der Waals surface area contributed by atoms with E-state index < -0.39 is 17.9 Å². The molecule has 7 heteroatoms. The predicted octanol–water partition coefficient (Wildman–Crippen LogP) is 1.89. The van der Waals surface area contributed by atoms with E-state index in [9.17, 15) is 9.59 Å². The van der Waals surface area contributed by atoms with Crippen LogP contribution in [0.25, 0.3) is 5.65 Å². The number of nitrogens with one attached hydrogen (secondary N) is 1. The summed E-state index contributed by atoms with van der Waals surface area (Å²) in [5.41, 5.74) is 1.40. The fourth-order valence-electron chi connectivity index (χ4n) is 1.98. The van der Waals surface area contributed by atoms with Crippen LogP contribution in [-0.2, 0) is 4.79 Å². The average molecular weight is 296 g/mol. The number of pyridine rings is 1. The van der Waals surface area contributed by atoms with E-state index in [1.807, 2.05) is 0 Å². The van der Waals surface area contributed by atoms with Crippen LogP contribution in [-0.4, -0.2) is 32.4 Å². The number of aromatic nitrogens is 2. The number of carbonyl (C=O) groups is 2. The summed E-state index contributed by atoms with van der Waals surface area (Å²) in [6.45, 7) is 3.38. The van der Waals surface area contributed by atoms with Gasteiger partial charge in [0.1, 0.15) is 17.4 Å². The maximum absolute atomic E-state index is 12.2.